The number of alkyl halides is 1. The number of benzene rings is 1. The molecule has 0 radical (unpaired) electrons. The van der Waals surface area contributed by atoms with Gasteiger partial charge < -0.3 is 10.6 Å². The van der Waals surface area contributed by atoms with Gasteiger partial charge in [-0.1, -0.05) is 30.3 Å². The molecule has 7 heteroatoms. The highest BCUT2D eigenvalue weighted by molar-refractivity contribution is 5.85. The second-order valence-corrected chi connectivity index (χ2v) is 5.23. The molecule has 1 aliphatic heterocycles. The zero-order valence-corrected chi connectivity index (χ0v) is 11.7. The Morgan fingerprint density at radius 1 is 1.27 bits per heavy atom. The first-order valence-corrected chi connectivity index (χ1v) is 6.81. The number of hydrogen-bond donors (Lipinski definition) is 1. The number of anilines is 1. The third-order valence-corrected chi connectivity index (χ3v) is 3.78. The summed E-state index contributed by atoms with van der Waals surface area (Å²) in [6.45, 7) is -0.133. The summed E-state index contributed by atoms with van der Waals surface area (Å²) in [5.41, 5.74) is 3.66. The lowest BCUT2D eigenvalue weighted by Gasteiger charge is -2.20. The van der Waals surface area contributed by atoms with E-state index in [1.54, 1.807) is 24.3 Å². The molecule has 1 saturated heterocycles. The Balaban J connectivity index is 1.95. The number of aromatic nitrogens is 2. The van der Waals surface area contributed by atoms with Crippen molar-refractivity contribution < 1.29 is 13.6 Å². The van der Waals surface area contributed by atoms with Crippen LogP contribution in [-0.2, 0) is 4.79 Å². The molecular formula is C15H14F2N4O. The summed E-state index contributed by atoms with van der Waals surface area (Å²) in [7, 11) is 0. The van der Waals surface area contributed by atoms with Crippen molar-refractivity contribution in [1.82, 2.24) is 9.97 Å². The zero-order chi connectivity index (χ0) is 15.7. The van der Waals surface area contributed by atoms with E-state index in [4.69, 9.17) is 5.73 Å². The maximum absolute atomic E-state index is 14.7. The van der Waals surface area contributed by atoms with E-state index in [0.29, 0.717) is 5.56 Å². The molecule has 1 aromatic carbocycles. The van der Waals surface area contributed by atoms with Gasteiger partial charge in [0.1, 0.15) is 12.0 Å². The summed E-state index contributed by atoms with van der Waals surface area (Å²) < 4.78 is 28.9. The number of nitrogens with zero attached hydrogens (tertiary/aromatic N) is 3. The minimum absolute atomic E-state index is 0.0189. The van der Waals surface area contributed by atoms with Gasteiger partial charge >= 0.3 is 0 Å². The van der Waals surface area contributed by atoms with E-state index in [1.807, 2.05) is 6.07 Å². The largest absolute Gasteiger partial charge is 0.367 e. The van der Waals surface area contributed by atoms with Crippen LogP contribution in [0.5, 0.6) is 0 Å². The molecule has 1 atom stereocenters. The van der Waals surface area contributed by atoms with Crippen molar-refractivity contribution in [2.75, 3.05) is 18.0 Å². The zero-order valence-electron chi connectivity index (χ0n) is 11.7. The molecule has 1 unspecified atom stereocenters. The molecule has 2 aromatic rings. The van der Waals surface area contributed by atoms with Gasteiger partial charge in [-0.15, -0.1) is 0 Å². The molecule has 2 N–H and O–H groups in total. The molecule has 0 aliphatic carbocycles. The highest BCUT2D eigenvalue weighted by Gasteiger charge is 2.45. The van der Waals surface area contributed by atoms with Gasteiger partial charge in [0, 0.05) is 18.5 Å². The first-order valence-electron chi connectivity index (χ1n) is 6.81. The molecule has 0 bridgehead atoms. The number of amides is 1. The average molecular weight is 304 g/mol. The monoisotopic (exact) mass is 304 g/mol. The van der Waals surface area contributed by atoms with Gasteiger partial charge in [0.2, 0.25) is 5.67 Å². The maximum atomic E-state index is 14.7. The number of hydrogen-bond acceptors (Lipinski definition) is 4. The van der Waals surface area contributed by atoms with Gasteiger partial charge in [0.15, 0.2) is 11.6 Å². The van der Waals surface area contributed by atoms with Crippen LogP contribution >= 0.6 is 0 Å². The van der Waals surface area contributed by atoms with Crippen molar-refractivity contribution in [2.24, 2.45) is 5.73 Å². The molecule has 114 valence electrons. The van der Waals surface area contributed by atoms with Crippen LogP contribution in [0, 0.1) is 5.82 Å². The Morgan fingerprint density at radius 2 is 2.00 bits per heavy atom. The quantitative estimate of drug-likeness (QED) is 0.936. The molecule has 1 amide bonds. The molecule has 5 nitrogen and oxygen atoms in total. The van der Waals surface area contributed by atoms with Crippen molar-refractivity contribution in [3.63, 3.8) is 0 Å². The normalized spacial score (nSPS) is 21.1. The molecule has 1 fully saturated rings. The topological polar surface area (TPSA) is 72.1 Å². The lowest BCUT2D eigenvalue weighted by molar-refractivity contribution is -0.128. The molecule has 1 aromatic heterocycles. The number of carbonyl (C=O) groups excluding carboxylic acids is 1. The van der Waals surface area contributed by atoms with Crippen molar-refractivity contribution in [3.05, 3.63) is 42.5 Å². The molecule has 1 aliphatic rings. The Morgan fingerprint density at radius 3 is 2.64 bits per heavy atom. The summed E-state index contributed by atoms with van der Waals surface area (Å²) in [4.78, 5) is 20.4. The minimum Gasteiger partial charge on any atom is -0.367 e. The van der Waals surface area contributed by atoms with E-state index in [-0.39, 0.29) is 31.0 Å². The van der Waals surface area contributed by atoms with Crippen LogP contribution in [0.4, 0.5) is 14.6 Å². The van der Waals surface area contributed by atoms with Crippen LogP contribution in [0.15, 0.2) is 36.7 Å². The lowest BCUT2D eigenvalue weighted by atomic mass is 10.1. The second kappa shape index (κ2) is 5.32. The van der Waals surface area contributed by atoms with E-state index in [9.17, 15) is 13.6 Å². The first-order chi connectivity index (χ1) is 10.5. The Hall–Kier alpha value is -2.57. The van der Waals surface area contributed by atoms with Crippen LogP contribution in [0.1, 0.15) is 6.42 Å². The summed E-state index contributed by atoms with van der Waals surface area (Å²) in [5, 5.41) is 0. The summed E-state index contributed by atoms with van der Waals surface area (Å²) in [6, 6.07) is 8.80. The van der Waals surface area contributed by atoms with Crippen molar-refractivity contribution in [1.29, 1.82) is 0 Å². The van der Waals surface area contributed by atoms with Gasteiger partial charge in [-0.2, -0.15) is 0 Å². The highest BCUT2D eigenvalue weighted by Crippen LogP contribution is 2.32. The van der Waals surface area contributed by atoms with Crippen LogP contribution in [-0.4, -0.2) is 34.6 Å². The summed E-state index contributed by atoms with van der Waals surface area (Å²) in [6.07, 6.45) is 1.15. The van der Waals surface area contributed by atoms with E-state index in [1.165, 1.54) is 11.2 Å². The Labute approximate surface area is 125 Å². The van der Waals surface area contributed by atoms with Crippen molar-refractivity contribution >= 4 is 11.7 Å². The third-order valence-electron chi connectivity index (χ3n) is 3.78. The highest BCUT2D eigenvalue weighted by atomic mass is 19.1. The third kappa shape index (κ3) is 2.38. The standard InChI is InChI=1S/C15H14F2N4O/c16-11-12(10-4-2-1-3-5-10)19-9-20-13(11)21-7-6-15(17,8-21)14(18)22/h1-5,9H,6-8H2,(H2,18,22). The van der Waals surface area contributed by atoms with Gasteiger partial charge in [-0.25, -0.2) is 18.7 Å². The van der Waals surface area contributed by atoms with Gasteiger partial charge in [-0.3, -0.25) is 4.79 Å². The SMILES string of the molecule is NC(=O)C1(F)CCN(c2ncnc(-c3ccccc3)c2F)C1. The first kappa shape index (κ1) is 14.4. The molecular weight excluding hydrogens is 290 g/mol. The summed E-state index contributed by atoms with van der Waals surface area (Å²) in [5.74, 6) is -1.69. The minimum atomic E-state index is -2.15. The molecule has 3 rings (SSSR count). The van der Waals surface area contributed by atoms with Crippen molar-refractivity contribution in [2.45, 2.75) is 12.1 Å². The number of primary amides is 1. The Kier molecular flexibility index (Phi) is 3.48. The average Bonchev–Trinajstić information content (AvgIpc) is 2.92. The predicted octanol–water partition coefficient (Wildman–Crippen LogP) is 1.69. The fraction of sp³-hybridized carbons (Fsp3) is 0.267. The van der Waals surface area contributed by atoms with E-state index < -0.39 is 17.4 Å². The number of rotatable bonds is 3. The maximum Gasteiger partial charge on any atom is 0.257 e. The molecule has 2 heterocycles. The smallest absolute Gasteiger partial charge is 0.257 e. The van der Waals surface area contributed by atoms with Crippen LogP contribution in [0.25, 0.3) is 11.3 Å². The van der Waals surface area contributed by atoms with Crippen LogP contribution in [0.2, 0.25) is 0 Å². The van der Waals surface area contributed by atoms with Gasteiger partial charge in [-0.05, 0) is 0 Å². The van der Waals surface area contributed by atoms with Crippen LogP contribution in [0.3, 0.4) is 0 Å². The molecule has 22 heavy (non-hydrogen) atoms. The second-order valence-electron chi connectivity index (χ2n) is 5.23. The lowest BCUT2D eigenvalue weighted by Crippen LogP contribution is -2.42. The van der Waals surface area contributed by atoms with Gasteiger partial charge in [0.25, 0.3) is 5.91 Å². The van der Waals surface area contributed by atoms with Crippen LogP contribution < -0.4 is 10.6 Å². The fourth-order valence-corrected chi connectivity index (χ4v) is 2.53. The number of carbonyl (C=O) groups is 1. The predicted molar refractivity (Wildman–Crippen MR) is 77.3 cm³/mol. The van der Waals surface area contributed by atoms with Crippen molar-refractivity contribution in [3.8, 4) is 11.3 Å². The number of nitrogens with two attached hydrogens (primary N) is 1. The van der Waals surface area contributed by atoms with E-state index in [0.717, 1.165) is 0 Å². The molecule has 0 spiro atoms. The van der Waals surface area contributed by atoms with E-state index in [2.05, 4.69) is 9.97 Å². The molecule has 0 saturated carbocycles. The number of halogens is 2. The van der Waals surface area contributed by atoms with Gasteiger partial charge in [0.05, 0.1) is 6.54 Å². The Bertz CT molecular complexity index is 710. The fourth-order valence-electron chi connectivity index (χ4n) is 2.53. The summed E-state index contributed by atoms with van der Waals surface area (Å²) >= 11 is 0. The van der Waals surface area contributed by atoms with E-state index >= 15 is 0 Å².